The fourth-order valence-corrected chi connectivity index (χ4v) is 3.18. The Morgan fingerprint density at radius 3 is 2.63 bits per heavy atom. The van der Waals surface area contributed by atoms with Gasteiger partial charge >= 0.3 is 0 Å². The molecule has 2 amide bonds. The monoisotopic (exact) mass is 363 g/mol. The van der Waals surface area contributed by atoms with Crippen molar-refractivity contribution in [2.75, 3.05) is 5.32 Å². The first kappa shape index (κ1) is 18.7. The van der Waals surface area contributed by atoms with Crippen molar-refractivity contribution in [2.24, 2.45) is 0 Å². The average Bonchev–Trinajstić information content (AvgIpc) is 3.01. The molecule has 0 aliphatic carbocycles. The van der Waals surface area contributed by atoms with Crippen molar-refractivity contribution in [1.82, 2.24) is 9.88 Å². The van der Waals surface area contributed by atoms with Gasteiger partial charge in [-0.25, -0.2) is 0 Å². The molecule has 1 aromatic heterocycles. The maximum atomic E-state index is 12.2. The van der Waals surface area contributed by atoms with Gasteiger partial charge in [0.25, 0.3) is 0 Å². The molecule has 0 aliphatic rings. The zero-order valence-corrected chi connectivity index (χ0v) is 16.0. The Labute approximate surface area is 159 Å². The lowest BCUT2D eigenvalue weighted by molar-refractivity contribution is -0.127. The van der Waals surface area contributed by atoms with Gasteiger partial charge in [-0.05, 0) is 55.5 Å². The lowest BCUT2D eigenvalue weighted by atomic mass is 10.1. The lowest BCUT2D eigenvalue weighted by Gasteiger charge is -2.16. The molecule has 0 saturated heterocycles. The van der Waals surface area contributed by atoms with Gasteiger partial charge in [0.1, 0.15) is 6.42 Å². The Morgan fingerprint density at radius 1 is 1.04 bits per heavy atom. The van der Waals surface area contributed by atoms with E-state index in [0.717, 1.165) is 22.3 Å². The maximum absolute atomic E-state index is 12.2. The highest BCUT2D eigenvalue weighted by Gasteiger charge is 2.14. The average molecular weight is 363 g/mol. The van der Waals surface area contributed by atoms with E-state index in [4.69, 9.17) is 0 Å². The number of hydrogen-bond acceptors (Lipinski definition) is 2. The van der Waals surface area contributed by atoms with Gasteiger partial charge in [0, 0.05) is 30.0 Å². The van der Waals surface area contributed by atoms with Crippen molar-refractivity contribution >= 4 is 28.4 Å². The van der Waals surface area contributed by atoms with E-state index in [2.05, 4.69) is 33.4 Å². The number of nitrogens with one attached hydrogen (secondary N) is 2. The van der Waals surface area contributed by atoms with E-state index in [9.17, 15) is 9.59 Å². The molecule has 0 aliphatic heterocycles. The molecule has 3 aromatic rings. The van der Waals surface area contributed by atoms with E-state index >= 15 is 0 Å². The lowest BCUT2D eigenvalue weighted by Crippen LogP contribution is -2.37. The van der Waals surface area contributed by atoms with E-state index in [0.29, 0.717) is 6.54 Å². The molecule has 2 aromatic carbocycles. The van der Waals surface area contributed by atoms with Gasteiger partial charge in [0.2, 0.25) is 11.8 Å². The second-order valence-corrected chi connectivity index (χ2v) is 7.04. The van der Waals surface area contributed by atoms with Crippen LogP contribution in [-0.4, -0.2) is 22.4 Å². The third kappa shape index (κ3) is 4.76. The minimum Gasteiger partial charge on any atom is -0.351 e. The van der Waals surface area contributed by atoms with Crippen molar-refractivity contribution in [3.05, 3.63) is 65.9 Å². The number of carbonyl (C=O) groups is 2. The van der Waals surface area contributed by atoms with Gasteiger partial charge in [-0.2, -0.15) is 0 Å². The Morgan fingerprint density at radius 2 is 1.81 bits per heavy atom. The van der Waals surface area contributed by atoms with Crippen LogP contribution in [0.15, 0.2) is 54.7 Å². The predicted molar refractivity (Wildman–Crippen MR) is 109 cm³/mol. The first-order chi connectivity index (χ1) is 12.9. The predicted octanol–water partition coefficient (Wildman–Crippen LogP) is 3.79. The number of rotatable bonds is 6. The summed E-state index contributed by atoms with van der Waals surface area (Å²) in [4.78, 5) is 24.4. The summed E-state index contributed by atoms with van der Waals surface area (Å²) in [6.07, 6.45) is 1.82. The molecule has 0 radical (unpaired) electrons. The number of fused-ring (bicyclic) bond motifs is 1. The normalized spacial score (nSPS) is 12.0. The van der Waals surface area contributed by atoms with Crippen LogP contribution < -0.4 is 10.6 Å². The van der Waals surface area contributed by atoms with E-state index in [-0.39, 0.29) is 24.3 Å². The van der Waals surface area contributed by atoms with E-state index in [1.807, 2.05) is 57.3 Å². The number of aryl methyl sites for hydroxylation is 2. The molecule has 0 saturated carbocycles. The molecule has 0 fully saturated rings. The second-order valence-electron chi connectivity index (χ2n) is 7.04. The first-order valence-corrected chi connectivity index (χ1v) is 9.13. The smallest absolute Gasteiger partial charge is 0.233 e. The van der Waals surface area contributed by atoms with Gasteiger partial charge in [0.15, 0.2) is 0 Å². The van der Waals surface area contributed by atoms with Crippen molar-refractivity contribution in [3.8, 4) is 0 Å². The van der Waals surface area contributed by atoms with Crippen LogP contribution in [-0.2, 0) is 16.1 Å². The molecule has 1 atom stereocenters. The van der Waals surface area contributed by atoms with Crippen molar-refractivity contribution < 1.29 is 9.59 Å². The standard InChI is InChI=1S/C22H25N3O2/c1-15-8-9-16(2)19(12-15)24-22(27)13-21(26)23-17(3)14-25-11-10-18-6-4-5-7-20(18)25/h4-12,17H,13-14H2,1-3H3,(H,23,26)(H,24,27)/t17-/m0/s1. The highest BCUT2D eigenvalue weighted by Crippen LogP contribution is 2.17. The largest absolute Gasteiger partial charge is 0.351 e. The Balaban J connectivity index is 1.53. The number of hydrogen-bond donors (Lipinski definition) is 2. The fourth-order valence-electron chi connectivity index (χ4n) is 3.18. The van der Waals surface area contributed by atoms with Crippen molar-refractivity contribution in [1.29, 1.82) is 0 Å². The van der Waals surface area contributed by atoms with Gasteiger partial charge in [-0.3, -0.25) is 9.59 Å². The maximum Gasteiger partial charge on any atom is 0.233 e. The van der Waals surface area contributed by atoms with E-state index < -0.39 is 0 Å². The highest BCUT2D eigenvalue weighted by atomic mass is 16.2. The van der Waals surface area contributed by atoms with Gasteiger partial charge in [0.05, 0.1) is 0 Å². The highest BCUT2D eigenvalue weighted by molar-refractivity contribution is 6.03. The number of aromatic nitrogens is 1. The summed E-state index contributed by atoms with van der Waals surface area (Å²) in [6.45, 7) is 6.49. The molecule has 0 bridgehead atoms. The number of anilines is 1. The Hall–Kier alpha value is -3.08. The number of nitrogens with zero attached hydrogens (tertiary/aromatic N) is 1. The zero-order valence-electron chi connectivity index (χ0n) is 16.0. The summed E-state index contributed by atoms with van der Waals surface area (Å²) in [5.41, 5.74) is 3.92. The van der Waals surface area contributed by atoms with Gasteiger partial charge in [-0.1, -0.05) is 30.3 Å². The van der Waals surface area contributed by atoms with Crippen LogP contribution in [0, 0.1) is 13.8 Å². The van der Waals surface area contributed by atoms with Crippen LogP contribution >= 0.6 is 0 Å². The van der Waals surface area contributed by atoms with Crippen LogP contribution in [0.4, 0.5) is 5.69 Å². The molecule has 1 heterocycles. The SMILES string of the molecule is Cc1ccc(C)c(NC(=O)CC(=O)N[C@@H](C)Cn2ccc3ccccc32)c1. The fraction of sp³-hybridized carbons (Fsp3) is 0.273. The summed E-state index contributed by atoms with van der Waals surface area (Å²) < 4.78 is 2.11. The number of para-hydroxylation sites is 1. The molecule has 0 unspecified atom stereocenters. The second kappa shape index (κ2) is 8.08. The zero-order chi connectivity index (χ0) is 19.4. The molecule has 140 valence electrons. The molecular weight excluding hydrogens is 338 g/mol. The van der Waals surface area contributed by atoms with E-state index in [1.54, 1.807) is 0 Å². The molecule has 0 spiro atoms. The number of carbonyl (C=O) groups excluding carboxylic acids is 2. The third-order valence-corrected chi connectivity index (χ3v) is 4.55. The van der Waals surface area contributed by atoms with Crippen LogP contribution in [0.3, 0.4) is 0 Å². The van der Waals surface area contributed by atoms with Crippen molar-refractivity contribution in [3.63, 3.8) is 0 Å². The minimum absolute atomic E-state index is 0.0817. The van der Waals surface area contributed by atoms with Crippen LogP contribution in [0.2, 0.25) is 0 Å². The van der Waals surface area contributed by atoms with Crippen LogP contribution in [0.5, 0.6) is 0 Å². The summed E-state index contributed by atoms with van der Waals surface area (Å²) in [5, 5.41) is 6.90. The summed E-state index contributed by atoms with van der Waals surface area (Å²) in [5.74, 6) is -0.582. The summed E-state index contributed by atoms with van der Waals surface area (Å²) in [6, 6.07) is 16.0. The minimum atomic E-state index is -0.306. The van der Waals surface area contributed by atoms with Crippen molar-refractivity contribution in [2.45, 2.75) is 39.8 Å². The summed E-state index contributed by atoms with van der Waals surface area (Å²) >= 11 is 0. The number of amides is 2. The van der Waals surface area contributed by atoms with Crippen LogP contribution in [0.25, 0.3) is 10.9 Å². The van der Waals surface area contributed by atoms with Crippen LogP contribution in [0.1, 0.15) is 24.5 Å². The molecule has 27 heavy (non-hydrogen) atoms. The first-order valence-electron chi connectivity index (χ1n) is 9.13. The summed E-state index contributed by atoms with van der Waals surface area (Å²) in [7, 11) is 0. The molecule has 3 rings (SSSR count). The molecule has 5 heteroatoms. The van der Waals surface area contributed by atoms with Gasteiger partial charge in [-0.15, -0.1) is 0 Å². The topological polar surface area (TPSA) is 63.1 Å². The molecule has 5 nitrogen and oxygen atoms in total. The molecular formula is C22H25N3O2. The quantitative estimate of drug-likeness (QED) is 0.655. The number of benzene rings is 2. The van der Waals surface area contributed by atoms with Gasteiger partial charge < -0.3 is 15.2 Å². The Bertz CT molecular complexity index is 975. The third-order valence-electron chi connectivity index (χ3n) is 4.55. The molecule has 2 N–H and O–H groups in total. The van der Waals surface area contributed by atoms with E-state index in [1.165, 1.54) is 5.39 Å². The Kier molecular flexibility index (Phi) is 5.60.